The van der Waals surface area contributed by atoms with Crippen LogP contribution in [0.3, 0.4) is 0 Å². The molecule has 3 saturated carbocycles. The minimum Gasteiger partial charge on any atom is -0.256 e. The molecule has 0 aromatic carbocycles. The van der Waals surface area contributed by atoms with Gasteiger partial charge in [-0.1, -0.05) is 0 Å². The summed E-state index contributed by atoms with van der Waals surface area (Å²) in [5.74, 6) is 0.120. The zero-order valence-electron chi connectivity index (χ0n) is 7.62. The molecule has 0 heterocycles. The van der Waals surface area contributed by atoms with Gasteiger partial charge in [-0.25, -0.2) is 0 Å². The van der Waals surface area contributed by atoms with E-state index in [0.717, 1.165) is 19.3 Å². The fraction of sp³-hybridized carbons (Fsp3) is 1.00. The number of hydrogen-bond donors (Lipinski definition) is 0. The summed E-state index contributed by atoms with van der Waals surface area (Å²) in [6.07, 6.45) is 2.47. The van der Waals surface area contributed by atoms with Gasteiger partial charge in [0, 0.05) is 0 Å². The molecule has 15 heavy (non-hydrogen) atoms. The molecule has 0 amide bonds. The van der Waals surface area contributed by atoms with Gasteiger partial charge in [-0.15, -0.1) is 0 Å². The van der Waals surface area contributed by atoms with Crippen LogP contribution in [-0.2, 0) is 14.3 Å². The van der Waals surface area contributed by atoms with E-state index in [4.69, 9.17) is 0 Å². The van der Waals surface area contributed by atoms with Gasteiger partial charge in [-0.3, -0.25) is 4.18 Å². The molecule has 3 aliphatic carbocycles. The lowest BCUT2D eigenvalue weighted by Gasteiger charge is -2.75. The second-order valence-corrected chi connectivity index (χ2v) is 6.17. The van der Waals surface area contributed by atoms with E-state index < -0.39 is 21.2 Å². The van der Waals surface area contributed by atoms with Crippen molar-refractivity contribution in [3.8, 4) is 0 Å². The first-order chi connectivity index (χ1) is 6.77. The molecule has 0 unspecified atom stereocenters. The van der Waals surface area contributed by atoms with Gasteiger partial charge in [0.1, 0.15) is 0 Å². The molecule has 0 aromatic rings. The lowest BCUT2D eigenvalue weighted by molar-refractivity contribution is -0.320. The van der Waals surface area contributed by atoms with Crippen LogP contribution in [0.4, 0.5) is 13.2 Å². The van der Waals surface area contributed by atoms with Crippen LogP contribution in [0.1, 0.15) is 19.3 Å². The van der Waals surface area contributed by atoms with E-state index in [2.05, 4.69) is 4.18 Å². The Balaban J connectivity index is 1.83. The van der Waals surface area contributed by atoms with Crippen LogP contribution in [0.5, 0.6) is 0 Å². The van der Waals surface area contributed by atoms with E-state index in [1.54, 1.807) is 0 Å². The van der Waals surface area contributed by atoms with Crippen LogP contribution in [0, 0.1) is 17.8 Å². The van der Waals surface area contributed by atoms with E-state index in [0.29, 0.717) is 0 Å². The molecule has 0 aliphatic heterocycles. The zero-order valence-corrected chi connectivity index (χ0v) is 8.44. The van der Waals surface area contributed by atoms with Crippen molar-refractivity contribution in [1.29, 1.82) is 0 Å². The van der Waals surface area contributed by atoms with E-state index in [1.165, 1.54) is 0 Å². The Labute approximate surface area is 84.7 Å². The Bertz CT molecular complexity index is 381. The molecule has 0 spiro atoms. The molecular weight excluding hydrogens is 233 g/mol. The van der Waals surface area contributed by atoms with Gasteiger partial charge in [0.2, 0.25) is 0 Å². The molecule has 0 radical (unpaired) electrons. The van der Waals surface area contributed by atoms with Crippen LogP contribution < -0.4 is 0 Å². The molecule has 3 fully saturated rings. The first kappa shape index (κ1) is 9.89. The monoisotopic (exact) mass is 242 g/mol. The van der Waals surface area contributed by atoms with E-state index >= 15 is 0 Å². The molecule has 0 saturated heterocycles. The summed E-state index contributed by atoms with van der Waals surface area (Å²) in [5, 5.41) is 0. The van der Waals surface area contributed by atoms with Crippen molar-refractivity contribution in [2.24, 2.45) is 17.8 Å². The lowest BCUT2D eigenvalue weighted by atomic mass is 9.33. The average Bonchev–Trinajstić information content (AvgIpc) is 2.15. The van der Waals surface area contributed by atoms with Crippen LogP contribution >= 0.6 is 0 Å². The fourth-order valence-corrected chi connectivity index (χ4v) is 4.27. The third kappa shape index (κ3) is 0.939. The van der Waals surface area contributed by atoms with E-state index in [-0.39, 0.29) is 17.8 Å². The Morgan fingerprint density at radius 3 is 1.73 bits per heavy atom. The summed E-state index contributed by atoms with van der Waals surface area (Å²) in [7, 11) is -5.40. The third-order valence-electron chi connectivity index (χ3n) is 4.16. The minimum atomic E-state index is -5.40. The van der Waals surface area contributed by atoms with Crippen LogP contribution in [0.2, 0.25) is 0 Å². The summed E-state index contributed by atoms with van der Waals surface area (Å²) < 4.78 is 62.5. The molecule has 3 nitrogen and oxygen atoms in total. The van der Waals surface area contributed by atoms with Crippen LogP contribution in [-0.4, -0.2) is 19.5 Å². The maximum absolute atomic E-state index is 12.1. The summed E-state index contributed by atoms with van der Waals surface area (Å²) in [6, 6.07) is 0. The molecule has 0 bridgehead atoms. The number of halogens is 3. The van der Waals surface area contributed by atoms with Crippen molar-refractivity contribution in [1.82, 2.24) is 0 Å². The van der Waals surface area contributed by atoms with Crippen molar-refractivity contribution in [3.63, 3.8) is 0 Å². The van der Waals surface area contributed by atoms with Crippen molar-refractivity contribution in [2.45, 2.75) is 30.4 Å². The third-order valence-corrected chi connectivity index (χ3v) is 5.23. The highest BCUT2D eigenvalue weighted by atomic mass is 32.2. The van der Waals surface area contributed by atoms with E-state index in [1.807, 2.05) is 0 Å². The van der Waals surface area contributed by atoms with Crippen molar-refractivity contribution >= 4 is 10.1 Å². The molecular formula is C8H9F3O3S. The standard InChI is InChI=1S/C8H9F3O3S/c9-8(10,11)15(12,13)14-7-4-1-5(7)3-6(7)2-4/h4-6H,1-3H2. The predicted molar refractivity (Wildman–Crippen MR) is 43.1 cm³/mol. The van der Waals surface area contributed by atoms with Crippen molar-refractivity contribution in [2.75, 3.05) is 0 Å². The largest absolute Gasteiger partial charge is 0.523 e. The van der Waals surface area contributed by atoms with Gasteiger partial charge >= 0.3 is 15.6 Å². The Kier molecular flexibility index (Phi) is 1.55. The summed E-state index contributed by atoms with van der Waals surface area (Å²) in [5.41, 5.74) is -6.24. The SMILES string of the molecule is O=S(=O)(OC12C3CC1CC2C3)C(F)(F)F. The molecule has 3 aliphatic rings. The molecule has 3 rings (SSSR count). The quantitative estimate of drug-likeness (QED) is 0.546. The first-order valence-electron chi connectivity index (χ1n) is 4.79. The Morgan fingerprint density at radius 2 is 1.47 bits per heavy atom. The highest BCUT2D eigenvalue weighted by Crippen LogP contribution is 2.75. The minimum absolute atomic E-state index is 0.0402. The molecule has 86 valence electrons. The topological polar surface area (TPSA) is 43.4 Å². The average molecular weight is 242 g/mol. The molecule has 0 aromatic heterocycles. The van der Waals surface area contributed by atoms with Gasteiger partial charge < -0.3 is 0 Å². The van der Waals surface area contributed by atoms with Crippen LogP contribution in [0.15, 0.2) is 0 Å². The molecule has 0 N–H and O–H groups in total. The first-order valence-corrected chi connectivity index (χ1v) is 6.20. The second-order valence-electron chi connectivity index (χ2n) is 4.63. The number of alkyl halides is 3. The highest BCUT2D eigenvalue weighted by Gasteiger charge is 2.77. The maximum atomic E-state index is 12.1. The summed E-state index contributed by atoms with van der Waals surface area (Å²) in [4.78, 5) is 0. The highest BCUT2D eigenvalue weighted by molar-refractivity contribution is 7.87. The fourth-order valence-electron chi connectivity index (χ4n) is 3.38. The lowest BCUT2D eigenvalue weighted by Crippen LogP contribution is -2.78. The maximum Gasteiger partial charge on any atom is 0.523 e. The summed E-state index contributed by atoms with van der Waals surface area (Å²) >= 11 is 0. The van der Waals surface area contributed by atoms with Gasteiger partial charge in [-0.05, 0) is 37.0 Å². The van der Waals surface area contributed by atoms with Gasteiger partial charge in [-0.2, -0.15) is 21.6 Å². The van der Waals surface area contributed by atoms with E-state index in [9.17, 15) is 21.6 Å². The summed E-state index contributed by atoms with van der Waals surface area (Å²) in [6.45, 7) is 0. The zero-order chi connectivity index (χ0) is 11.1. The predicted octanol–water partition coefficient (Wildman–Crippen LogP) is 1.65. The van der Waals surface area contributed by atoms with Crippen molar-refractivity contribution in [3.05, 3.63) is 0 Å². The number of rotatable bonds is 2. The van der Waals surface area contributed by atoms with Crippen molar-refractivity contribution < 1.29 is 25.8 Å². The Morgan fingerprint density at radius 1 is 1.07 bits per heavy atom. The second kappa shape index (κ2) is 2.34. The Hall–Kier alpha value is -0.300. The smallest absolute Gasteiger partial charge is 0.256 e. The van der Waals surface area contributed by atoms with Gasteiger partial charge in [0.05, 0.1) is 5.60 Å². The van der Waals surface area contributed by atoms with Gasteiger partial charge in [0.15, 0.2) is 0 Å². The van der Waals surface area contributed by atoms with Crippen LogP contribution in [0.25, 0.3) is 0 Å². The number of hydrogen-bond acceptors (Lipinski definition) is 3. The molecule has 7 heteroatoms. The molecule has 0 atom stereocenters. The normalized spacial score (nSPS) is 47.3. The van der Waals surface area contributed by atoms with Gasteiger partial charge in [0.25, 0.3) is 0 Å².